The van der Waals surface area contributed by atoms with E-state index < -0.39 is 30.0 Å². The van der Waals surface area contributed by atoms with Crippen molar-refractivity contribution in [3.8, 4) is 6.07 Å². The van der Waals surface area contributed by atoms with E-state index >= 15 is 0 Å². The first-order valence-corrected chi connectivity index (χ1v) is 50.2. The minimum Gasteiger partial charge on any atom is -0.450 e. The van der Waals surface area contributed by atoms with Crippen LogP contribution in [0.3, 0.4) is 0 Å². The molecule has 10 heterocycles. The van der Waals surface area contributed by atoms with Crippen molar-refractivity contribution >= 4 is 178 Å². The number of carbonyl (C=O) groups excluding carboxylic acids is 5. The predicted octanol–water partition coefficient (Wildman–Crippen LogP) is 29.2. The summed E-state index contributed by atoms with van der Waals surface area (Å²) in [5.74, 6) is 1.31. The zero-order chi connectivity index (χ0) is 99.8. The van der Waals surface area contributed by atoms with Gasteiger partial charge in [0.2, 0.25) is 0 Å². The summed E-state index contributed by atoms with van der Waals surface area (Å²) in [6.07, 6.45) is -2.05. The summed E-state index contributed by atoms with van der Waals surface area (Å²) in [5, 5.41) is 18.5. The first kappa shape index (κ1) is 102. The molecule has 5 unspecified atom stereocenters. The molecule has 21 nitrogen and oxygen atoms in total. The normalized spacial score (nSPS) is 16.4. The maximum atomic E-state index is 13.3. The Morgan fingerprint density at radius 2 is 0.617 bits per heavy atom. The van der Waals surface area contributed by atoms with Crippen LogP contribution in [0.4, 0.5) is 37.1 Å². The molecule has 5 atom stereocenters. The molecule has 0 aliphatic carbocycles. The number of hydrogen-bond acceptors (Lipinski definition) is 11. The van der Waals surface area contributed by atoms with E-state index in [2.05, 4.69) is 107 Å². The molecular weight excluding hydrogens is 1960 g/mol. The van der Waals surface area contributed by atoms with Crippen molar-refractivity contribution < 1.29 is 60.8 Å². The first-order valence-electron chi connectivity index (χ1n) is 46.9. The van der Waals surface area contributed by atoms with Gasteiger partial charge in [0.25, 0.3) is 0 Å². The van der Waals surface area contributed by atoms with Gasteiger partial charge in [-0.25, -0.2) is 24.0 Å². The van der Waals surface area contributed by atoms with Crippen LogP contribution in [-0.2, 0) is 62.0 Å². The SMILES string of the molecule is CCCOC(=O)N1CCc2c([nH]c3ccc(Cl)cc23)C1c1ccc(C(C)C)cc1.CCOC(=O)N1CCc2c([nH]c3ccc(Cl)cc23)C1c1ccc(C(C)C)cc1.CCOC(=O)N1CCc2c([nH]c3ccc(Cl)cc23)C1c1ccc(Cl)cc1.N#Cc1ccc(C2c3[nH]c4ccc(Cl)cc4c3CCN2C(=O)OCCCl)cc1.O=C(OCCCl)N1CCc2c([nH]c3ccc(Cl)cc23)C1c1cccc(C(F)(F)F)c1. The summed E-state index contributed by atoms with van der Waals surface area (Å²) in [7, 11) is 0. The summed E-state index contributed by atoms with van der Waals surface area (Å²) < 4.78 is 66.6. The van der Waals surface area contributed by atoms with Crippen LogP contribution in [0, 0.1) is 11.3 Å². The molecule has 732 valence electrons. The maximum absolute atomic E-state index is 13.3. The fourth-order valence-electron chi connectivity index (χ4n) is 19.5. The highest BCUT2D eigenvalue weighted by atomic mass is 35.5. The van der Waals surface area contributed by atoms with Gasteiger partial charge in [-0.3, -0.25) is 24.5 Å². The number of nitrogens with zero attached hydrogens (tertiary/aromatic N) is 6. The van der Waals surface area contributed by atoms with Crippen LogP contribution in [0.25, 0.3) is 54.5 Å². The molecular formula is C109H104Cl8F3N11O10. The van der Waals surface area contributed by atoms with Gasteiger partial charge < -0.3 is 48.6 Å². The molecule has 0 bridgehead atoms. The molecule has 10 aromatic carbocycles. The largest absolute Gasteiger partial charge is 0.450 e. The molecule has 5 amide bonds. The monoisotopic (exact) mass is 2060 g/mol. The third-order valence-corrected chi connectivity index (χ3v) is 27.8. The van der Waals surface area contributed by atoms with E-state index in [4.69, 9.17) is 122 Å². The fourth-order valence-corrected chi connectivity index (χ4v) is 20.7. The van der Waals surface area contributed by atoms with Crippen molar-refractivity contribution in [2.45, 2.75) is 135 Å². The number of hydrogen-bond donors (Lipinski definition) is 5. The van der Waals surface area contributed by atoms with E-state index in [1.165, 1.54) is 38.8 Å². The van der Waals surface area contributed by atoms with E-state index in [9.17, 15) is 37.1 Å². The molecule has 0 spiro atoms. The quantitative estimate of drug-likeness (QED) is 0.0477. The van der Waals surface area contributed by atoms with Gasteiger partial charge in [0.1, 0.15) is 43.4 Å². The van der Waals surface area contributed by atoms with E-state index in [0.717, 1.165) is 159 Å². The summed E-state index contributed by atoms with van der Waals surface area (Å²) in [5.41, 5.74) is 22.1. The van der Waals surface area contributed by atoms with Gasteiger partial charge in [-0.2, -0.15) is 18.4 Å². The number of aromatic amines is 5. The van der Waals surface area contributed by atoms with Gasteiger partial charge in [0.05, 0.1) is 48.8 Å². The number of benzene rings is 10. The number of aromatic nitrogens is 5. The topological polar surface area (TPSA) is 250 Å². The number of ether oxygens (including phenoxy) is 5. The zero-order valence-corrected chi connectivity index (χ0v) is 84.4. The van der Waals surface area contributed by atoms with Gasteiger partial charge >= 0.3 is 36.6 Å². The van der Waals surface area contributed by atoms with E-state index in [0.29, 0.717) is 108 Å². The lowest BCUT2D eigenvalue weighted by Crippen LogP contribution is -2.41. The Bertz CT molecular complexity index is 7120. The minimum absolute atomic E-state index is 0.0152. The second-order valence-corrected chi connectivity index (χ2v) is 38.8. The average Bonchev–Trinajstić information content (AvgIpc) is 1.63. The lowest BCUT2D eigenvalue weighted by molar-refractivity contribution is -0.137. The summed E-state index contributed by atoms with van der Waals surface area (Å²) in [4.78, 5) is 89.4. The van der Waals surface area contributed by atoms with Crippen LogP contribution in [0.5, 0.6) is 0 Å². The zero-order valence-electron chi connectivity index (χ0n) is 78.4. The standard InChI is InChI=1S/C24H27ClN2O2.C23H25ClN2O2.C21H17Cl2F3N2O2.C21H17Cl2N3O2.C20H18Cl2N2O2/c1-4-13-29-24(28)27-12-11-19-20-14-18(25)9-10-21(20)26-22(19)23(27)17-7-5-16(6-8-17)15(2)3;1-4-28-23(27)26-12-11-18-19-13-17(24)9-10-20(19)25-21(18)22(26)16-7-5-15(6-8-16)14(2)3;22-7-9-30-20(29)28-8-6-15-16-11-14(23)4-5-17(16)27-18(15)19(28)12-2-1-3-13(10-12)21(24,25)26;22-8-10-28-21(27)26-9-7-16-17-11-15(23)5-6-18(17)25-19(16)20(26)14-3-1-13(12-24)2-4-14;1-2-26-20(25)24-10-9-15-16-11-14(22)7-8-17(16)23-18(15)19(24)12-3-5-13(21)6-4-12/h5-10,14-15,23,26H,4,11-13H2,1-3H3;5-10,13-14,22,25H,4,11-12H2,1-3H3;1-5,10-11,19,27H,6-9H2;1-6,11,20,25H,7-10H2;3-8,11,19,23H,2,9-10H2,1H3. The number of nitrogens with one attached hydrogen (secondary N) is 5. The molecule has 0 fully saturated rings. The van der Waals surface area contributed by atoms with Crippen LogP contribution in [0.15, 0.2) is 212 Å². The molecule has 5 aliphatic heterocycles. The van der Waals surface area contributed by atoms with Gasteiger partial charge in [0, 0.05) is 146 Å². The number of carbonyl (C=O) groups is 5. The smallest absolute Gasteiger partial charge is 0.416 e. The van der Waals surface area contributed by atoms with E-state index in [1.807, 2.05) is 152 Å². The van der Waals surface area contributed by atoms with E-state index in [1.54, 1.807) is 34.1 Å². The Hall–Kier alpha value is -12.2. The second-order valence-electron chi connectivity index (χ2n) is 35.4. The summed E-state index contributed by atoms with van der Waals surface area (Å²) >= 11 is 48.4. The molecule has 5 aromatic heterocycles. The number of fused-ring (bicyclic) bond motifs is 15. The van der Waals surface area contributed by atoms with Crippen molar-refractivity contribution in [1.29, 1.82) is 5.26 Å². The van der Waals surface area contributed by atoms with Gasteiger partial charge in [-0.15, -0.1) is 23.2 Å². The maximum Gasteiger partial charge on any atom is 0.416 e. The predicted molar refractivity (Wildman–Crippen MR) is 553 cm³/mol. The third-order valence-electron chi connectivity index (χ3n) is 26.1. The number of H-pyrrole nitrogens is 5. The van der Waals surface area contributed by atoms with Crippen LogP contribution in [0.2, 0.25) is 30.1 Å². The number of halogens is 11. The number of amides is 5. The average molecular weight is 2070 g/mol. The molecule has 0 saturated heterocycles. The Morgan fingerprint density at radius 3 is 0.879 bits per heavy atom. The number of alkyl halides is 5. The lowest BCUT2D eigenvalue weighted by atomic mass is 9.91. The van der Waals surface area contributed by atoms with Crippen molar-refractivity contribution in [2.24, 2.45) is 0 Å². The molecule has 0 radical (unpaired) electrons. The molecule has 141 heavy (non-hydrogen) atoms. The molecule has 5 N–H and O–H groups in total. The highest BCUT2D eigenvalue weighted by molar-refractivity contribution is 6.33. The molecule has 20 rings (SSSR count). The van der Waals surface area contributed by atoms with Crippen LogP contribution < -0.4 is 0 Å². The molecule has 0 saturated carbocycles. The molecule has 5 aliphatic rings. The van der Waals surface area contributed by atoms with Crippen molar-refractivity contribution in [3.63, 3.8) is 0 Å². The molecule has 32 heteroatoms. The Kier molecular flexibility index (Phi) is 32.5. The van der Waals surface area contributed by atoms with Crippen molar-refractivity contribution in [3.05, 3.63) is 349 Å². The minimum atomic E-state index is -4.49. The van der Waals surface area contributed by atoms with Crippen LogP contribution in [0.1, 0.15) is 203 Å². The third kappa shape index (κ3) is 22.2. The fraction of sp³-hybridized carbons (Fsp3) is 0.303. The highest BCUT2D eigenvalue weighted by Crippen LogP contribution is 2.48. The summed E-state index contributed by atoms with van der Waals surface area (Å²) in [6, 6.07) is 66.1. The van der Waals surface area contributed by atoms with E-state index in [-0.39, 0.29) is 74.0 Å². The van der Waals surface area contributed by atoms with Gasteiger partial charge in [0.15, 0.2) is 0 Å². The number of rotatable bonds is 15. The van der Waals surface area contributed by atoms with Crippen LogP contribution in [-0.4, -0.2) is 157 Å². The van der Waals surface area contributed by atoms with Gasteiger partial charge in [-0.05, 0) is 258 Å². The van der Waals surface area contributed by atoms with Crippen molar-refractivity contribution in [2.75, 3.05) is 77.5 Å². The Morgan fingerprint density at radius 1 is 0.355 bits per heavy atom. The van der Waals surface area contributed by atoms with Gasteiger partial charge in [-0.1, -0.05) is 189 Å². The number of nitriles is 1. The van der Waals surface area contributed by atoms with Crippen molar-refractivity contribution in [1.82, 2.24) is 49.4 Å². The Balaban J connectivity index is 0.000000127. The second kappa shape index (κ2) is 45.0. The highest BCUT2D eigenvalue weighted by Gasteiger charge is 2.43. The Labute approximate surface area is 854 Å². The summed E-state index contributed by atoms with van der Waals surface area (Å²) in [6.45, 7) is 18.3. The van der Waals surface area contributed by atoms with Crippen LogP contribution >= 0.6 is 92.8 Å². The first-order chi connectivity index (χ1) is 68.0. The molecule has 15 aromatic rings. The lowest BCUT2D eigenvalue weighted by Gasteiger charge is -2.35.